The zero-order valence-electron chi connectivity index (χ0n) is 20.7. The first-order valence-corrected chi connectivity index (χ1v) is 13.5. The van der Waals surface area contributed by atoms with Gasteiger partial charge < -0.3 is 0 Å². The van der Waals surface area contributed by atoms with Crippen LogP contribution < -0.4 is 0 Å². The zero-order valence-corrected chi connectivity index (χ0v) is 20.7. The molecule has 0 radical (unpaired) electrons. The molecule has 0 N–H and O–H groups in total. The largest absolute Gasteiger partial charge is 0.264 e. The van der Waals surface area contributed by atoms with Crippen LogP contribution in [0.5, 0.6) is 0 Å². The number of likely N-dealkylation sites (N-methyl/N-ethyl adjacent to an activating group) is 2. The van der Waals surface area contributed by atoms with Gasteiger partial charge in [-0.25, -0.2) is 0 Å². The summed E-state index contributed by atoms with van der Waals surface area (Å²) in [4.78, 5) is 2.44. The smallest absolute Gasteiger partial charge is 0.246 e. The van der Waals surface area contributed by atoms with Crippen LogP contribution in [0.15, 0.2) is 0 Å². The van der Waals surface area contributed by atoms with Gasteiger partial charge in [0, 0.05) is 6.42 Å². The van der Waals surface area contributed by atoms with Crippen molar-refractivity contribution in [2.24, 2.45) is 0 Å². The Morgan fingerprint density at radius 3 is 1.24 bits per heavy atom. The fourth-order valence-corrected chi connectivity index (χ4v) is 4.77. The highest BCUT2D eigenvalue weighted by molar-refractivity contribution is 5.78. The highest BCUT2D eigenvalue weighted by atomic mass is 15.3. The first-order valence-electron chi connectivity index (χ1n) is 13.5. The summed E-state index contributed by atoms with van der Waals surface area (Å²) in [5.41, 5.74) is 0. The summed E-state index contributed by atoms with van der Waals surface area (Å²) in [6, 6.07) is 0. The van der Waals surface area contributed by atoms with Gasteiger partial charge >= 0.3 is 0 Å². The number of rotatable bonds is 21. The molecule has 2 heteroatoms. The molecule has 172 valence electrons. The third-order valence-corrected chi connectivity index (χ3v) is 6.91. The molecule has 1 aliphatic rings. The number of hydrogen-bond acceptors (Lipinski definition) is 1. The number of nitrogens with zero attached hydrogens (tertiary/aromatic N) is 2. The normalized spacial score (nSPS) is 14.4. The molecule has 0 saturated carbocycles. The van der Waals surface area contributed by atoms with Gasteiger partial charge in [-0.05, 0) is 6.42 Å². The molecule has 0 aromatic carbocycles. The van der Waals surface area contributed by atoms with Crippen LogP contribution in [0.2, 0.25) is 0 Å². The number of hydrogen-bond donors (Lipinski definition) is 0. The minimum atomic E-state index is 1.21. The van der Waals surface area contributed by atoms with Gasteiger partial charge in [0.1, 0.15) is 13.1 Å². The molecule has 1 rings (SSSR count). The Bertz CT molecular complexity index is 388. The summed E-state index contributed by atoms with van der Waals surface area (Å²) in [7, 11) is 4.49. The lowest BCUT2D eigenvalue weighted by Gasteiger charge is -2.07. The Balaban J connectivity index is 1.70. The second kappa shape index (κ2) is 19.4. The van der Waals surface area contributed by atoms with Crippen molar-refractivity contribution in [3.05, 3.63) is 0 Å². The first-order chi connectivity index (χ1) is 14.3. The molecule has 0 bridgehead atoms. The second-order valence-electron chi connectivity index (χ2n) is 9.73. The van der Waals surface area contributed by atoms with Crippen LogP contribution in [-0.2, 0) is 0 Å². The minimum Gasteiger partial charge on any atom is -0.264 e. The van der Waals surface area contributed by atoms with Crippen LogP contribution in [-0.4, -0.2) is 42.5 Å². The predicted molar refractivity (Wildman–Crippen MR) is 131 cm³/mol. The number of unbranched alkanes of at least 4 members (excludes halogenated alkanes) is 19. The van der Waals surface area contributed by atoms with E-state index >= 15 is 0 Å². The van der Waals surface area contributed by atoms with E-state index in [0.717, 1.165) is 0 Å². The molecule has 0 spiro atoms. The Morgan fingerprint density at radius 2 is 0.931 bits per heavy atom. The van der Waals surface area contributed by atoms with E-state index in [1.165, 1.54) is 148 Å². The molecular weight excluding hydrogens is 352 g/mol. The van der Waals surface area contributed by atoms with Gasteiger partial charge in [0.05, 0.1) is 14.1 Å². The molecule has 0 aromatic heterocycles. The molecule has 0 aromatic rings. The summed E-state index contributed by atoms with van der Waals surface area (Å²) in [6.45, 7) is 4.73. The Labute approximate surface area is 184 Å². The topological polar surface area (TPSA) is 6.25 Å². The van der Waals surface area contributed by atoms with E-state index in [1.54, 1.807) is 5.84 Å². The Hall–Kier alpha value is -0.530. The lowest BCUT2D eigenvalue weighted by molar-refractivity contribution is -0.487. The van der Waals surface area contributed by atoms with Crippen LogP contribution >= 0.6 is 0 Å². The van der Waals surface area contributed by atoms with Crippen molar-refractivity contribution in [1.82, 2.24) is 4.90 Å². The van der Waals surface area contributed by atoms with E-state index in [2.05, 4.69) is 30.5 Å². The fourth-order valence-electron chi connectivity index (χ4n) is 4.77. The molecular formula is C27H55N2+. The quantitative estimate of drug-likeness (QED) is 0.137. The molecule has 0 amide bonds. The van der Waals surface area contributed by atoms with Gasteiger partial charge in [-0.3, -0.25) is 9.48 Å². The lowest BCUT2D eigenvalue weighted by atomic mass is 10.0. The van der Waals surface area contributed by atoms with Crippen LogP contribution in [0.4, 0.5) is 0 Å². The molecule has 1 aliphatic heterocycles. The summed E-state index contributed by atoms with van der Waals surface area (Å²) in [6.07, 6.45) is 30.5. The van der Waals surface area contributed by atoms with Crippen molar-refractivity contribution < 1.29 is 4.58 Å². The maximum Gasteiger partial charge on any atom is 0.246 e. The van der Waals surface area contributed by atoms with Crippen LogP contribution in [0.3, 0.4) is 0 Å². The summed E-state index contributed by atoms with van der Waals surface area (Å²) < 4.78 is 2.44. The molecule has 29 heavy (non-hydrogen) atoms. The average Bonchev–Trinajstić information content (AvgIpc) is 3.04. The minimum absolute atomic E-state index is 1.21. The van der Waals surface area contributed by atoms with Gasteiger partial charge in [0.2, 0.25) is 5.84 Å². The standard InChI is InChI=1S/C27H55N2/c1-4-5-6-7-8-9-10-11-12-13-14-15-16-17-18-19-20-21-22-23-24-27-28(2)25-26-29(27)3/h4-26H2,1-3H3/q+1. The van der Waals surface area contributed by atoms with Crippen molar-refractivity contribution in [3.63, 3.8) is 0 Å². The van der Waals surface area contributed by atoms with E-state index < -0.39 is 0 Å². The highest BCUT2D eigenvalue weighted by Crippen LogP contribution is 2.15. The second-order valence-corrected chi connectivity index (χ2v) is 9.73. The molecule has 0 aliphatic carbocycles. The first kappa shape index (κ1) is 26.5. The number of amidine groups is 1. The van der Waals surface area contributed by atoms with Gasteiger partial charge in [0.25, 0.3) is 0 Å². The third kappa shape index (κ3) is 15.0. The zero-order chi connectivity index (χ0) is 21.0. The van der Waals surface area contributed by atoms with E-state index in [1.807, 2.05) is 0 Å². The summed E-state index contributed by atoms with van der Waals surface area (Å²) in [5, 5.41) is 0. The van der Waals surface area contributed by atoms with Crippen molar-refractivity contribution in [2.45, 2.75) is 142 Å². The van der Waals surface area contributed by atoms with E-state index in [4.69, 9.17) is 0 Å². The SMILES string of the molecule is CCCCCCCCCCCCCCCCCCCCCCC1=[N+](C)CCN1C. The van der Waals surface area contributed by atoms with Crippen molar-refractivity contribution >= 4 is 5.84 Å². The molecule has 0 fully saturated rings. The average molecular weight is 408 g/mol. The van der Waals surface area contributed by atoms with Gasteiger partial charge in [-0.2, -0.15) is 0 Å². The van der Waals surface area contributed by atoms with Gasteiger partial charge in [-0.1, -0.05) is 129 Å². The Morgan fingerprint density at radius 1 is 0.586 bits per heavy atom. The van der Waals surface area contributed by atoms with Gasteiger partial charge in [-0.15, -0.1) is 0 Å². The monoisotopic (exact) mass is 407 g/mol. The molecule has 0 saturated heterocycles. The maximum atomic E-state index is 2.44. The maximum absolute atomic E-state index is 2.44. The van der Waals surface area contributed by atoms with E-state index in [0.29, 0.717) is 0 Å². The summed E-state index contributed by atoms with van der Waals surface area (Å²) >= 11 is 0. The van der Waals surface area contributed by atoms with E-state index in [-0.39, 0.29) is 0 Å². The molecule has 1 heterocycles. The van der Waals surface area contributed by atoms with Crippen molar-refractivity contribution in [3.8, 4) is 0 Å². The van der Waals surface area contributed by atoms with Crippen LogP contribution in [0.25, 0.3) is 0 Å². The van der Waals surface area contributed by atoms with Gasteiger partial charge in [0.15, 0.2) is 0 Å². The fraction of sp³-hybridized carbons (Fsp3) is 0.963. The van der Waals surface area contributed by atoms with Crippen LogP contribution in [0, 0.1) is 0 Å². The molecule has 2 nitrogen and oxygen atoms in total. The third-order valence-electron chi connectivity index (χ3n) is 6.91. The van der Waals surface area contributed by atoms with Crippen molar-refractivity contribution in [1.29, 1.82) is 0 Å². The van der Waals surface area contributed by atoms with Crippen LogP contribution in [0.1, 0.15) is 142 Å². The molecule has 0 unspecified atom stereocenters. The van der Waals surface area contributed by atoms with Crippen molar-refractivity contribution in [2.75, 3.05) is 27.2 Å². The lowest BCUT2D eigenvalue weighted by Crippen LogP contribution is -2.24. The predicted octanol–water partition coefficient (Wildman–Crippen LogP) is 8.18. The molecule has 0 atom stereocenters. The summed E-state index contributed by atoms with van der Waals surface area (Å²) in [5.74, 6) is 1.56. The van der Waals surface area contributed by atoms with E-state index in [9.17, 15) is 0 Å². The highest BCUT2D eigenvalue weighted by Gasteiger charge is 2.23. The Kier molecular flexibility index (Phi) is 17.8.